The van der Waals surface area contributed by atoms with Crippen LogP contribution in [-0.4, -0.2) is 38.5 Å². The van der Waals surface area contributed by atoms with Gasteiger partial charge in [-0.3, -0.25) is 14.4 Å². The van der Waals surface area contributed by atoms with Gasteiger partial charge in [-0.15, -0.1) is 0 Å². The molecule has 190 valence electrons. The summed E-state index contributed by atoms with van der Waals surface area (Å²) in [5, 5.41) is 2.65. The summed E-state index contributed by atoms with van der Waals surface area (Å²) >= 11 is 6.32. The Labute approximate surface area is 220 Å². The minimum Gasteiger partial charge on any atom is -0.497 e. The quantitative estimate of drug-likeness (QED) is 0.416. The Morgan fingerprint density at radius 1 is 0.973 bits per heavy atom. The molecule has 0 bridgehead atoms. The van der Waals surface area contributed by atoms with Crippen molar-refractivity contribution in [2.24, 2.45) is 0 Å². The van der Waals surface area contributed by atoms with E-state index in [1.165, 1.54) is 20.3 Å². The fourth-order valence-corrected chi connectivity index (χ4v) is 4.28. The first kappa shape index (κ1) is 25.8. The highest BCUT2D eigenvalue weighted by Crippen LogP contribution is 2.38. The van der Waals surface area contributed by atoms with E-state index >= 15 is 0 Å². The summed E-state index contributed by atoms with van der Waals surface area (Å²) in [4.78, 5) is 42.2. The van der Waals surface area contributed by atoms with Gasteiger partial charge in [0, 0.05) is 29.5 Å². The molecule has 0 aromatic heterocycles. The molecule has 3 aromatic rings. The number of benzene rings is 3. The van der Waals surface area contributed by atoms with Gasteiger partial charge in [-0.25, -0.2) is 4.90 Å². The third kappa shape index (κ3) is 5.01. The topological polar surface area (TPSA) is 88.2 Å². The molecule has 1 N–H and O–H groups in total. The lowest BCUT2D eigenvalue weighted by Crippen LogP contribution is -2.32. The Bertz CT molecular complexity index is 1420. The molecular formula is C28H26ClN3O5. The maximum Gasteiger partial charge on any atom is 0.283 e. The van der Waals surface area contributed by atoms with E-state index in [-0.39, 0.29) is 22.3 Å². The maximum absolute atomic E-state index is 13.3. The molecule has 0 spiro atoms. The second kappa shape index (κ2) is 10.8. The molecule has 1 aliphatic rings. The molecule has 3 aromatic carbocycles. The summed E-state index contributed by atoms with van der Waals surface area (Å²) in [6.45, 7) is 4.34. The summed E-state index contributed by atoms with van der Waals surface area (Å²) in [5.74, 6) is -0.822. The van der Waals surface area contributed by atoms with Gasteiger partial charge in [-0.05, 0) is 61.9 Å². The first-order chi connectivity index (χ1) is 17.8. The minimum atomic E-state index is -0.704. The molecule has 0 atom stereocenters. The largest absolute Gasteiger partial charge is 0.497 e. The molecule has 1 aliphatic heterocycles. The zero-order chi connectivity index (χ0) is 26.7. The standard InChI is InChI=1S/C28H26ClN3O5/c1-5-31(20-11-6-8-17(2)14-20)26(33)18-9-7-10-19(15-18)30-25-24(29)27(34)32(28(25)35)22-16-21(36-3)12-13-23(22)37-4/h6-16,30H,5H2,1-4H3. The summed E-state index contributed by atoms with van der Waals surface area (Å²) in [7, 11) is 2.91. The molecule has 8 nitrogen and oxygen atoms in total. The van der Waals surface area contributed by atoms with Crippen molar-refractivity contribution in [3.8, 4) is 11.5 Å². The molecule has 0 saturated carbocycles. The first-order valence-electron chi connectivity index (χ1n) is 11.5. The van der Waals surface area contributed by atoms with Crippen LogP contribution in [0, 0.1) is 6.92 Å². The molecule has 1 heterocycles. The Morgan fingerprint density at radius 2 is 1.73 bits per heavy atom. The number of carbonyl (C=O) groups excluding carboxylic acids is 3. The highest BCUT2D eigenvalue weighted by molar-refractivity contribution is 6.53. The Hall–Kier alpha value is -4.30. The number of amides is 3. The van der Waals surface area contributed by atoms with Gasteiger partial charge in [0.05, 0.1) is 19.9 Å². The van der Waals surface area contributed by atoms with Crippen molar-refractivity contribution in [1.29, 1.82) is 0 Å². The smallest absolute Gasteiger partial charge is 0.283 e. The number of aryl methyl sites for hydroxylation is 1. The van der Waals surface area contributed by atoms with Crippen molar-refractivity contribution in [2.45, 2.75) is 13.8 Å². The number of carbonyl (C=O) groups is 3. The molecule has 0 aliphatic carbocycles. The van der Waals surface area contributed by atoms with E-state index in [1.54, 1.807) is 41.3 Å². The van der Waals surface area contributed by atoms with Crippen molar-refractivity contribution in [3.05, 3.63) is 88.6 Å². The second-order valence-corrected chi connectivity index (χ2v) is 8.64. The number of hydrogen-bond donors (Lipinski definition) is 1. The summed E-state index contributed by atoms with van der Waals surface area (Å²) in [6, 6.07) is 19.1. The number of ether oxygens (including phenoxy) is 2. The maximum atomic E-state index is 13.3. The van der Waals surface area contributed by atoms with Gasteiger partial charge in [-0.2, -0.15) is 0 Å². The summed E-state index contributed by atoms with van der Waals surface area (Å²) < 4.78 is 10.6. The second-order valence-electron chi connectivity index (χ2n) is 8.27. The molecule has 0 fully saturated rings. The van der Waals surface area contributed by atoms with Gasteiger partial charge >= 0.3 is 0 Å². The molecule has 37 heavy (non-hydrogen) atoms. The van der Waals surface area contributed by atoms with Gasteiger partial charge in [-0.1, -0.05) is 29.8 Å². The van der Waals surface area contributed by atoms with Gasteiger partial charge < -0.3 is 19.7 Å². The van der Waals surface area contributed by atoms with Gasteiger partial charge in [0.15, 0.2) is 0 Å². The van der Waals surface area contributed by atoms with Crippen molar-refractivity contribution in [1.82, 2.24) is 0 Å². The van der Waals surface area contributed by atoms with E-state index in [2.05, 4.69) is 5.32 Å². The molecule has 0 saturated heterocycles. The van der Waals surface area contributed by atoms with Crippen molar-refractivity contribution < 1.29 is 23.9 Å². The normalized spacial score (nSPS) is 13.2. The molecule has 3 amide bonds. The zero-order valence-corrected chi connectivity index (χ0v) is 21.6. The van der Waals surface area contributed by atoms with Crippen LogP contribution in [0.4, 0.5) is 17.1 Å². The predicted molar refractivity (Wildman–Crippen MR) is 144 cm³/mol. The predicted octanol–water partition coefficient (Wildman–Crippen LogP) is 5.11. The van der Waals surface area contributed by atoms with Gasteiger partial charge in [0.25, 0.3) is 17.7 Å². The van der Waals surface area contributed by atoms with E-state index < -0.39 is 11.8 Å². The van der Waals surface area contributed by atoms with Crippen LogP contribution in [0.5, 0.6) is 11.5 Å². The van der Waals surface area contributed by atoms with Gasteiger partial charge in [0.2, 0.25) is 0 Å². The highest BCUT2D eigenvalue weighted by Gasteiger charge is 2.40. The number of rotatable bonds is 8. The van der Waals surface area contributed by atoms with E-state index in [0.717, 1.165) is 16.2 Å². The Balaban J connectivity index is 1.61. The van der Waals surface area contributed by atoms with Crippen molar-refractivity contribution in [2.75, 3.05) is 35.9 Å². The lowest BCUT2D eigenvalue weighted by molar-refractivity contribution is -0.120. The Kier molecular flexibility index (Phi) is 7.50. The third-order valence-electron chi connectivity index (χ3n) is 5.91. The van der Waals surface area contributed by atoms with Crippen LogP contribution in [0.3, 0.4) is 0 Å². The van der Waals surface area contributed by atoms with E-state index in [1.807, 2.05) is 38.1 Å². The number of halogens is 1. The van der Waals surface area contributed by atoms with E-state index in [4.69, 9.17) is 21.1 Å². The average molecular weight is 520 g/mol. The molecule has 9 heteroatoms. The minimum absolute atomic E-state index is 0.104. The number of anilines is 3. The molecular weight excluding hydrogens is 494 g/mol. The van der Waals surface area contributed by atoms with Crippen molar-refractivity contribution in [3.63, 3.8) is 0 Å². The van der Waals surface area contributed by atoms with Crippen LogP contribution in [0.1, 0.15) is 22.8 Å². The zero-order valence-electron chi connectivity index (χ0n) is 20.9. The average Bonchev–Trinajstić information content (AvgIpc) is 3.11. The summed E-state index contributed by atoms with van der Waals surface area (Å²) in [5.41, 5.74) is 2.77. The van der Waals surface area contributed by atoms with Gasteiger partial charge in [0.1, 0.15) is 22.2 Å². The van der Waals surface area contributed by atoms with Crippen LogP contribution < -0.4 is 24.6 Å². The highest BCUT2D eigenvalue weighted by atomic mass is 35.5. The van der Waals surface area contributed by atoms with Crippen LogP contribution in [0.15, 0.2) is 77.5 Å². The molecule has 0 radical (unpaired) electrons. The van der Waals surface area contributed by atoms with Crippen molar-refractivity contribution >= 4 is 46.4 Å². The third-order valence-corrected chi connectivity index (χ3v) is 6.26. The van der Waals surface area contributed by atoms with E-state index in [9.17, 15) is 14.4 Å². The number of methoxy groups -OCH3 is 2. The lowest BCUT2D eigenvalue weighted by atomic mass is 10.1. The number of hydrogen-bond acceptors (Lipinski definition) is 6. The Morgan fingerprint density at radius 3 is 2.41 bits per heavy atom. The van der Waals surface area contributed by atoms with Crippen LogP contribution in [0.2, 0.25) is 0 Å². The summed E-state index contributed by atoms with van der Waals surface area (Å²) in [6.07, 6.45) is 0. The fraction of sp³-hybridized carbons (Fsp3) is 0.179. The van der Waals surface area contributed by atoms with Crippen LogP contribution >= 0.6 is 11.6 Å². The first-order valence-corrected chi connectivity index (χ1v) is 11.9. The van der Waals surface area contributed by atoms with Crippen LogP contribution in [0.25, 0.3) is 0 Å². The van der Waals surface area contributed by atoms with Crippen LogP contribution in [-0.2, 0) is 9.59 Å². The fourth-order valence-electron chi connectivity index (χ4n) is 4.07. The SMILES string of the molecule is CCN(C(=O)c1cccc(NC2=C(Cl)C(=O)N(c3cc(OC)ccc3OC)C2=O)c1)c1cccc(C)c1. The van der Waals surface area contributed by atoms with E-state index in [0.29, 0.717) is 29.3 Å². The number of imide groups is 1. The number of nitrogens with zero attached hydrogens (tertiary/aromatic N) is 2. The lowest BCUT2D eigenvalue weighted by Gasteiger charge is -2.22. The monoisotopic (exact) mass is 519 g/mol. The number of nitrogens with one attached hydrogen (secondary N) is 1. The molecule has 0 unspecified atom stereocenters. The molecule has 4 rings (SSSR count).